The minimum absolute atomic E-state index is 0.776. The Labute approximate surface area is 152 Å². The lowest BCUT2D eigenvalue weighted by Gasteiger charge is -2.26. The standard InChI is InChI=1S/C19H25BrN2O2/c1-15-13-16(20)3-5-18(15)19-6-4-17(24-19)14-21-7-2-8-22-9-11-23-12-10-22/h3-6,13,21H,2,7-12,14H2,1H3. The molecule has 0 bridgehead atoms. The van der Waals surface area contributed by atoms with E-state index < -0.39 is 0 Å². The zero-order chi connectivity index (χ0) is 16.8. The SMILES string of the molecule is Cc1cc(Br)ccc1-c1ccc(CNCCCN2CCOCC2)o1. The van der Waals surface area contributed by atoms with Gasteiger partial charge in [-0.1, -0.05) is 15.9 Å². The van der Waals surface area contributed by atoms with Crippen LogP contribution in [0.1, 0.15) is 17.7 Å². The van der Waals surface area contributed by atoms with E-state index in [1.54, 1.807) is 0 Å². The van der Waals surface area contributed by atoms with Crippen molar-refractivity contribution in [3.8, 4) is 11.3 Å². The molecule has 1 aliphatic heterocycles. The summed E-state index contributed by atoms with van der Waals surface area (Å²) in [5.41, 5.74) is 2.36. The maximum Gasteiger partial charge on any atom is 0.134 e. The lowest BCUT2D eigenvalue weighted by molar-refractivity contribution is 0.0374. The molecule has 0 amide bonds. The van der Waals surface area contributed by atoms with E-state index in [1.165, 1.54) is 5.56 Å². The molecule has 0 spiro atoms. The van der Waals surface area contributed by atoms with Gasteiger partial charge in [0.1, 0.15) is 11.5 Å². The molecule has 4 nitrogen and oxygen atoms in total. The number of hydrogen-bond donors (Lipinski definition) is 1. The van der Waals surface area contributed by atoms with Gasteiger partial charge in [0.2, 0.25) is 0 Å². The van der Waals surface area contributed by atoms with Crippen LogP contribution >= 0.6 is 15.9 Å². The van der Waals surface area contributed by atoms with Gasteiger partial charge in [-0.3, -0.25) is 4.90 Å². The second-order valence-corrected chi connectivity index (χ2v) is 7.13. The molecular weight excluding hydrogens is 368 g/mol. The van der Waals surface area contributed by atoms with Crippen molar-refractivity contribution in [1.29, 1.82) is 0 Å². The van der Waals surface area contributed by atoms with Crippen molar-refractivity contribution in [3.63, 3.8) is 0 Å². The molecule has 3 rings (SSSR count). The molecule has 0 unspecified atom stereocenters. The highest BCUT2D eigenvalue weighted by atomic mass is 79.9. The molecule has 0 radical (unpaired) electrons. The molecule has 130 valence electrons. The number of furan rings is 1. The second kappa shape index (κ2) is 8.81. The third kappa shape index (κ3) is 4.93. The number of halogens is 1. The Bertz CT molecular complexity index is 651. The smallest absolute Gasteiger partial charge is 0.134 e. The van der Waals surface area contributed by atoms with Gasteiger partial charge in [-0.15, -0.1) is 0 Å². The van der Waals surface area contributed by atoms with Gasteiger partial charge in [0, 0.05) is 23.1 Å². The molecule has 24 heavy (non-hydrogen) atoms. The van der Waals surface area contributed by atoms with E-state index in [2.05, 4.69) is 63.4 Å². The number of morpholine rings is 1. The fourth-order valence-electron chi connectivity index (χ4n) is 2.99. The first-order chi connectivity index (χ1) is 11.7. The lowest BCUT2D eigenvalue weighted by Crippen LogP contribution is -2.37. The first-order valence-electron chi connectivity index (χ1n) is 8.58. The number of benzene rings is 1. The summed E-state index contributed by atoms with van der Waals surface area (Å²) in [7, 11) is 0. The third-order valence-corrected chi connectivity index (χ3v) is 4.84. The van der Waals surface area contributed by atoms with Crippen LogP contribution < -0.4 is 5.32 Å². The highest BCUT2D eigenvalue weighted by Gasteiger charge is 2.10. The number of ether oxygens (including phenoxy) is 1. The molecule has 1 fully saturated rings. The second-order valence-electron chi connectivity index (χ2n) is 6.21. The number of hydrogen-bond acceptors (Lipinski definition) is 4. The zero-order valence-electron chi connectivity index (χ0n) is 14.2. The normalized spacial score (nSPS) is 15.8. The minimum Gasteiger partial charge on any atom is -0.460 e. The molecule has 2 aromatic rings. The summed E-state index contributed by atoms with van der Waals surface area (Å²) in [6, 6.07) is 10.4. The van der Waals surface area contributed by atoms with E-state index in [9.17, 15) is 0 Å². The van der Waals surface area contributed by atoms with Crippen molar-refractivity contribution in [3.05, 3.63) is 46.1 Å². The maximum atomic E-state index is 5.98. The Morgan fingerprint density at radius 2 is 2.00 bits per heavy atom. The van der Waals surface area contributed by atoms with E-state index >= 15 is 0 Å². The first kappa shape index (κ1) is 17.7. The van der Waals surface area contributed by atoms with Crippen LogP contribution in [0.4, 0.5) is 0 Å². The molecule has 1 aliphatic rings. The lowest BCUT2D eigenvalue weighted by atomic mass is 10.1. The average Bonchev–Trinajstić information content (AvgIpc) is 3.04. The number of aryl methyl sites for hydroxylation is 1. The Morgan fingerprint density at radius 3 is 2.79 bits per heavy atom. The van der Waals surface area contributed by atoms with E-state index in [4.69, 9.17) is 9.15 Å². The molecule has 0 aliphatic carbocycles. The molecule has 1 saturated heterocycles. The van der Waals surface area contributed by atoms with Crippen LogP contribution in [0.2, 0.25) is 0 Å². The van der Waals surface area contributed by atoms with Gasteiger partial charge in [0.05, 0.1) is 19.8 Å². The monoisotopic (exact) mass is 392 g/mol. The first-order valence-corrected chi connectivity index (χ1v) is 9.38. The highest BCUT2D eigenvalue weighted by Crippen LogP contribution is 2.27. The van der Waals surface area contributed by atoms with Crippen LogP contribution in [0, 0.1) is 6.92 Å². The molecule has 5 heteroatoms. The third-order valence-electron chi connectivity index (χ3n) is 4.35. The summed E-state index contributed by atoms with van der Waals surface area (Å²) in [4.78, 5) is 2.46. The molecule has 2 heterocycles. The Morgan fingerprint density at radius 1 is 1.17 bits per heavy atom. The van der Waals surface area contributed by atoms with Gasteiger partial charge in [-0.2, -0.15) is 0 Å². The number of nitrogens with zero attached hydrogens (tertiary/aromatic N) is 1. The zero-order valence-corrected chi connectivity index (χ0v) is 15.8. The van der Waals surface area contributed by atoms with Gasteiger partial charge in [0.15, 0.2) is 0 Å². The molecular formula is C19H25BrN2O2. The summed E-state index contributed by atoms with van der Waals surface area (Å²) in [5.74, 6) is 1.92. The highest BCUT2D eigenvalue weighted by molar-refractivity contribution is 9.10. The van der Waals surface area contributed by atoms with E-state index in [0.29, 0.717) is 0 Å². The molecule has 0 saturated carbocycles. The average molecular weight is 393 g/mol. The summed E-state index contributed by atoms with van der Waals surface area (Å²) >= 11 is 3.50. The Balaban J connectivity index is 1.42. The van der Waals surface area contributed by atoms with Crippen LogP contribution in [0.15, 0.2) is 39.2 Å². The van der Waals surface area contributed by atoms with Gasteiger partial charge < -0.3 is 14.5 Å². The number of nitrogens with one attached hydrogen (secondary N) is 1. The molecule has 0 atom stereocenters. The van der Waals surface area contributed by atoms with Gasteiger partial charge in [0.25, 0.3) is 0 Å². The van der Waals surface area contributed by atoms with Crippen LogP contribution in [0.3, 0.4) is 0 Å². The predicted octanol–water partition coefficient (Wildman–Crippen LogP) is 3.83. The summed E-state index contributed by atoms with van der Waals surface area (Å²) in [6.07, 6.45) is 1.15. The largest absolute Gasteiger partial charge is 0.460 e. The predicted molar refractivity (Wildman–Crippen MR) is 100 cm³/mol. The van der Waals surface area contributed by atoms with Crippen LogP contribution in [-0.2, 0) is 11.3 Å². The van der Waals surface area contributed by atoms with Crippen molar-refractivity contribution >= 4 is 15.9 Å². The van der Waals surface area contributed by atoms with E-state index in [0.717, 1.165) is 73.9 Å². The van der Waals surface area contributed by atoms with Crippen molar-refractivity contribution < 1.29 is 9.15 Å². The Kier molecular flexibility index (Phi) is 6.49. The van der Waals surface area contributed by atoms with E-state index in [1.807, 2.05) is 0 Å². The Hall–Kier alpha value is -1.14. The molecule has 1 N–H and O–H groups in total. The quantitative estimate of drug-likeness (QED) is 0.726. The van der Waals surface area contributed by atoms with E-state index in [-0.39, 0.29) is 0 Å². The summed E-state index contributed by atoms with van der Waals surface area (Å²) in [5, 5.41) is 3.47. The molecule has 1 aromatic heterocycles. The van der Waals surface area contributed by atoms with Crippen molar-refractivity contribution in [2.45, 2.75) is 19.9 Å². The maximum absolute atomic E-state index is 5.98. The number of rotatable bonds is 7. The van der Waals surface area contributed by atoms with Gasteiger partial charge >= 0.3 is 0 Å². The fourth-order valence-corrected chi connectivity index (χ4v) is 3.46. The summed E-state index contributed by atoms with van der Waals surface area (Å²) in [6.45, 7) is 8.89. The van der Waals surface area contributed by atoms with Gasteiger partial charge in [-0.05, 0) is 62.3 Å². The van der Waals surface area contributed by atoms with Gasteiger partial charge in [-0.25, -0.2) is 0 Å². The minimum atomic E-state index is 0.776. The van der Waals surface area contributed by atoms with Crippen LogP contribution in [0.25, 0.3) is 11.3 Å². The van der Waals surface area contributed by atoms with Crippen LogP contribution in [-0.4, -0.2) is 44.3 Å². The topological polar surface area (TPSA) is 37.6 Å². The fraction of sp³-hybridized carbons (Fsp3) is 0.474. The van der Waals surface area contributed by atoms with Crippen molar-refractivity contribution in [2.24, 2.45) is 0 Å². The van der Waals surface area contributed by atoms with Crippen molar-refractivity contribution in [1.82, 2.24) is 10.2 Å². The van der Waals surface area contributed by atoms with Crippen molar-refractivity contribution in [2.75, 3.05) is 39.4 Å². The summed E-state index contributed by atoms with van der Waals surface area (Å²) < 4.78 is 12.4. The molecule has 1 aromatic carbocycles. The van der Waals surface area contributed by atoms with Crippen LogP contribution in [0.5, 0.6) is 0 Å².